The van der Waals surface area contributed by atoms with Gasteiger partial charge in [0.2, 0.25) is 15.9 Å². The van der Waals surface area contributed by atoms with Crippen molar-refractivity contribution in [3.63, 3.8) is 0 Å². The quantitative estimate of drug-likeness (QED) is 0.653. The fourth-order valence-electron chi connectivity index (χ4n) is 3.56. The first-order chi connectivity index (χ1) is 15.6. The van der Waals surface area contributed by atoms with Crippen LogP contribution >= 0.6 is 0 Å². The van der Waals surface area contributed by atoms with Crippen LogP contribution in [0.3, 0.4) is 0 Å². The summed E-state index contributed by atoms with van der Waals surface area (Å²) in [6, 6.07) is 11.2. The highest BCUT2D eigenvalue weighted by molar-refractivity contribution is 7.89. The molecule has 0 bridgehead atoms. The van der Waals surface area contributed by atoms with E-state index in [4.69, 9.17) is 4.74 Å². The Bertz CT molecular complexity index is 1060. The van der Waals surface area contributed by atoms with Crippen molar-refractivity contribution < 1.29 is 31.1 Å². The van der Waals surface area contributed by atoms with Crippen LogP contribution in [-0.4, -0.2) is 64.0 Å². The summed E-state index contributed by atoms with van der Waals surface area (Å²) in [4.78, 5) is 15.8. The van der Waals surface area contributed by atoms with E-state index in [1.165, 1.54) is 0 Å². The summed E-state index contributed by atoms with van der Waals surface area (Å²) in [7, 11) is -2.66. The van der Waals surface area contributed by atoms with E-state index in [9.17, 15) is 26.4 Å². The minimum atomic E-state index is -4.66. The van der Waals surface area contributed by atoms with Crippen LogP contribution in [0, 0.1) is 0 Å². The van der Waals surface area contributed by atoms with Gasteiger partial charge in [-0.15, -0.1) is 0 Å². The Morgan fingerprint density at radius 2 is 1.79 bits per heavy atom. The van der Waals surface area contributed by atoms with Gasteiger partial charge in [-0.1, -0.05) is 18.2 Å². The minimum Gasteiger partial charge on any atom is -0.497 e. The van der Waals surface area contributed by atoms with Crippen molar-refractivity contribution in [2.24, 2.45) is 0 Å². The van der Waals surface area contributed by atoms with E-state index in [0.717, 1.165) is 42.5 Å². The Hall–Kier alpha value is -2.63. The first-order valence-corrected chi connectivity index (χ1v) is 11.9. The molecule has 0 atom stereocenters. The van der Waals surface area contributed by atoms with Crippen molar-refractivity contribution in [3.8, 4) is 5.75 Å². The zero-order valence-electron chi connectivity index (χ0n) is 18.1. The molecule has 3 rings (SSSR count). The normalized spacial score (nSPS) is 15.8. The number of halogens is 3. The van der Waals surface area contributed by atoms with Gasteiger partial charge >= 0.3 is 6.18 Å². The Morgan fingerprint density at radius 3 is 2.45 bits per heavy atom. The van der Waals surface area contributed by atoms with Crippen LogP contribution in [0.5, 0.6) is 5.75 Å². The highest BCUT2D eigenvalue weighted by Crippen LogP contribution is 2.30. The van der Waals surface area contributed by atoms with Gasteiger partial charge in [0.1, 0.15) is 5.75 Å². The SMILES string of the molecule is COc1ccc(CN2CCCN(C(=O)CNS(=O)(=O)c3cccc(C(F)(F)F)c3)CC2)cc1. The second-order valence-corrected chi connectivity index (χ2v) is 9.48. The summed E-state index contributed by atoms with van der Waals surface area (Å²) < 4.78 is 70.7. The van der Waals surface area contributed by atoms with Gasteiger partial charge < -0.3 is 9.64 Å². The van der Waals surface area contributed by atoms with E-state index < -0.39 is 39.1 Å². The number of carbonyl (C=O) groups excluding carboxylic acids is 1. The molecule has 1 N–H and O–H groups in total. The molecule has 2 aromatic carbocycles. The maximum atomic E-state index is 12.9. The standard InChI is InChI=1S/C22H26F3N3O4S/c1-32-19-8-6-17(7-9-19)16-27-10-3-11-28(13-12-27)21(29)15-26-33(30,31)20-5-2-4-18(14-20)22(23,24)25/h2,4-9,14,26H,3,10-13,15-16H2,1H3. The highest BCUT2D eigenvalue weighted by atomic mass is 32.2. The molecule has 180 valence electrons. The average Bonchev–Trinajstić information content (AvgIpc) is 3.03. The van der Waals surface area contributed by atoms with Crippen LogP contribution < -0.4 is 9.46 Å². The molecule has 1 aliphatic heterocycles. The summed E-state index contributed by atoms with van der Waals surface area (Å²) in [5.74, 6) is 0.357. The van der Waals surface area contributed by atoms with Crippen molar-refractivity contribution in [2.45, 2.75) is 24.0 Å². The van der Waals surface area contributed by atoms with Gasteiger partial charge in [-0.3, -0.25) is 9.69 Å². The predicted octanol–water partition coefficient (Wildman–Crippen LogP) is 2.73. The number of rotatable bonds is 7. The van der Waals surface area contributed by atoms with E-state index in [1.807, 2.05) is 24.3 Å². The van der Waals surface area contributed by atoms with E-state index in [2.05, 4.69) is 9.62 Å². The van der Waals surface area contributed by atoms with Gasteiger partial charge in [-0.25, -0.2) is 13.1 Å². The van der Waals surface area contributed by atoms with Crippen LogP contribution in [0.15, 0.2) is 53.4 Å². The smallest absolute Gasteiger partial charge is 0.416 e. The summed E-state index contributed by atoms with van der Waals surface area (Å²) in [5.41, 5.74) is 0.0468. The monoisotopic (exact) mass is 485 g/mol. The lowest BCUT2D eigenvalue weighted by Crippen LogP contribution is -2.41. The lowest BCUT2D eigenvalue weighted by atomic mass is 10.2. The highest BCUT2D eigenvalue weighted by Gasteiger charge is 2.32. The molecule has 0 unspecified atom stereocenters. The van der Waals surface area contributed by atoms with E-state index >= 15 is 0 Å². The molecule has 11 heteroatoms. The first-order valence-electron chi connectivity index (χ1n) is 10.4. The van der Waals surface area contributed by atoms with E-state index in [-0.39, 0.29) is 0 Å². The molecular weight excluding hydrogens is 459 g/mol. The number of benzene rings is 2. The zero-order chi connectivity index (χ0) is 24.1. The average molecular weight is 486 g/mol. The topological polar surface area (TPSA) is 79.0 Å². The minimum absolute atomic E-state index is 0.420. The molecule has 7 nitrogen and oxygen atoms in total. The Kier molecular flexibility index (Phi) is 7.98. The van der Waals surface area contributed by atoms with Crippen molar-refractivity contribution in [2.75, 3.05) is 39.8 Å². The summed E-state index contributed by atoms with van der Waals surface area (Å²) in [6.45, 7) is 2.51. The maximum absolute atomic E-state index is 12.9. The number of alkyl halides is 3. The number of sulfonamides is 1. The van der Waals surface area contributed by atoms with Crippen molar-refractivity contribution >= 4 is 15.9 Å². The van der Waals surface area contributed by atoms with Gasteiger partial charge in [0, 0.05) is 32.7 Å². The van der Waals surface area contributed by atoms with Gasteiger partial charge in [0.05, 0.1) is 24.1 Å². The molecule has 2 aromatic rings. The molecular formula is C22H26F3N3O4S. The molecule has 1 amide bonds. The van der Waals surface area contributed by atoms with Crippen LogP contribution in [0.1, 0.15) is 17.5 Å². The number of methoxy groups -OCH3 is 1. The van der Waals surface area contributed by atoms with E-state index in [1.54, 1.807) is 12.0 Å². The predicted molar refractivity (Wildman–Crippen MR) is 116 cm³/mol. The second-order valence-electron chi connectivity index (χ2n) is 7.71. The molecule has 1 fully saturated rings. The van der Waals surface area contributed by atoms with Crippen molar-refractivity contribution in [1.29, 1.82) is 0 Å². The molecule has 1 saturated heterocycles. The second kappa shape index (κ2) is 10.5. The third-order valence-corrected chi connectivity index (χ3v) is 6.79. The summed E-state index contributed by atoms with van der Waals surface area (Å²) >= 11 is 0. The molecule has 1 heterocycles. The molecule has 0 saturated carbocycles. The molecule has 0 spiro atoms. The molecule has 33 heavy (non-hydrogen) atoms. The van der Waals surface area contributed by atoms with Crippen LogP contribution in [-0.2, 0) is 27.5 Å². The Balaban J connectivity index is 1.54. The van der Waals surface area contributed by atoms with Crippen LogP contribution in [0.4, 0.5) is 13.2 Å². The van der Waals surface area contributed by atoms with Gasteiger partial charge in [0.15, 0.2) is 0 Å². The van der Waals surface area contributed by atoms with Gasteiger partial charge in [0.25, 0.3) is 0 Å². The summed E-state index contributed by atoms with van der Waals surface area (Å²) in [6.07, 6.45) is -3.94. The number of nitrogens with one attached hydrogen (secondary N) is 1. The zero-order valence-corrected chi connectivity index (χ0v) is 19.0. The largest absolute Gasteiger partial charge is 0.497 e. The number of ether oxygens (including phenoxy) is 1. The molecule has 1 aliphatic rings. The van der Waals surface area contributed by atoms with Crippen molar-refractivity contribution in [1.82, 2.24) is 14.5 Å². The third-order valence-electron chi connectivity index (χ3n) is 5.39. The molecule has 0 aromatic heterocycles. The lowest BCUT2D eigenvalue weighted by Gasteiger charge is -2.22. The summed E-state index contributed by atoms with van der Waals surface area (Å²) in [5, 5.41) is 0. The van der Waals surface area contributed by atoms with Crippen LogP contribution in [0.25, 0.3) is 0 Å². The maximum Gasteiger partial charge on any atom is 0.416 e. The Morgan fingerprint density at radius 1 is 1.06 bits per heavy atom. The van der Waals surface area contributed by atoms with Crippen molar-refractivity contribution in [3.05, 3.63) is 59.7 Å². The van der Waals surface area contributed by atoms with Crippen LogP contribution in [0.2, 0.25) is 0 Å². The third kappa shape index (κ3) is 6.92. The Labute approximate surface area is 191 Å². The fraction of sp³-hybridized carbons (Fsp3) is 0.409. The molecule has 0 aliphatic carbocycles. The number of amides is 1. The lowest BCUT2D eigenvalue weighted by molar-refractivity contribution is -0.137. The van der Waals surface area contributed by atoms with Gasteiger partial charge in [-0.05, 0) is 42.3 Å². The number of carbonyl (C=O) groups is 1. The number of hydrogen-bond donors (Lipinski definition) is 1. The number of hydrogen-bond acceptors (Lipinski definition) is 5. The first kappa shape index (κ1) is 25.0. The molecule has 0 radical (unpaired) electrons. The van der Waals surface area contributed by atoms with Gasteiger partial charge in [-0.2, -0.15) is 13.2 Å². The van der Waals surface area contributed by atoms with E-state index in [0.29, 0.717) is 32.2 Å². The fourth-order valence-corrected chi connectivity index (χ4v) is 4.58. The number of nitrogens with zero attached hydrogens (tertiary/aromatic N) is 2.